The largest absolute Gasteiger partial charge is 0.347 e. The lowest BCUT2D eigenvalue weighted by atomic mass is 9.97. The Morgan fingerprint density at radius 3 is 2.52 bits per heavy atom. The molecule has 0 aromatic heterocycles. The van der Waals surface area contributed by atoms with Crippen molar-refractivity contribution in [1.82, 2.24) is 4.31 Å². The first-order chi connectivity index (χ1) is 12.9. The monoisotopic (exact) mass is 392 g/mol. The van der Waals surface area contributed by atoms with Crippen LogP contribution in [-0.2, 0) is 30.7 Å². The van der Waals surface area contributed by atoms with Crippen molar-refractivity contribution in [2.75, 3.05) is 37.7 Å². The topological polar surface area (TPSA) is 76.2 Å². The number of rotatable bonds is 2. The first-order valence-corrected chi connectivity index (χ1v) is 11.1. The molecule has 0 bridgehead atoms. The van der Waals surface area contributed by atoms with E-state index < -0.39 is 15.8 Å². The molecule has 0 saturated carbocycles. The molecule has 5 rings (SSSR count). The van der Waals surface area contributed by atoms with Gasteiger partial charge in [-0.05, 0) is 43.0 Å². The van der Waals surface area contributed by atoms with Gasteiger partial charge in [0.1, 0.15) is 0 Å². The van der Waals surface area contributed by atoms with E-state index in [0.29, 0.717) is 44.0 Å². The zero-order valence-corrected chi connectivity index (χ0v) is 16.3. The van der Waals surface area contributed by atoms with Crippen molar-refractivity contribution in [3.8, 4) is 0 Å². The van der Waals surface area contributed by atoms with E-state index in [1.807, 2.05) is 11.8 Å². The fourth-order valence-electron chi connectivity index (χ4n) is 4.82. The molecule has 8 heteroatoms. The molecule has 0 aliphatic carbocycles. The molecule has 1 aromatic carbocycles. The summed E-state index contributed by atoms with van der Waals surface area (Å²) in [5.41, 5.74) is 2.78. The lowest BCUT2D eigenvalue weighted by molar-refractivity contribution is -0.179. The Labute approximate surface area is 159 Å². The van der Waals surface area contributed by atoms with Crippen LogP contribution >= 0.6 is 0 Å². The Balaban J connectivity index is 1.47. The molecule has 1 spiro atoms. The van der Waals surface area contributed by atoms with Crippen molar-refractivity contribution in [1.29, 1.82) is 0 Å². The van der Waals surface area contributed by atoms with Gasteiger partial charge in [0.2, 0.25) is 15.9 Å². The number of sulfonamides is 1. The van der Waals surface area contributed by atoms with Gasteiger partial charge < -0.3 is 14.4 Å². The number of hydrogen-bond donors (Lipinski definition) is 0. The van der Waals surface area contributed by atoms with Crippen molar-refractivity contribution in [2.45, 2.75) is 49.2 Å². The summed E-state index contributed by atoms with van der Waals surface area (Å²) >= 11 is 0. The highest BCUT2D eigenvalue weighted by Crippen LogP contribution is 2.44. The Hall–Kier alpha value is -1.48. The second-order valence-electron chi connectivity index (χ2n) is 7.85. The van der Waals surface area contributed by atoms with Gasteiger partial charge >= 0.3 is 0 Å². The average Bonchev–Trinajstić information content (AvgIpc) is 3.22. The molecule has 1 atom stereocenters. The third kappa shape index (κ3) is 2.57. The molecule has 4 aliphatic heterocycles. The summed E-state index contributed by atoms with van der Waals surface area (Å²) < 4.78 is 39.5. The predicted molar refractivity (Wildman–Crippen MR) is 98.2 cm³/mol. The van der Waals surface area contributed by atoms with Gasteiger partial charge in [-0.15, -0.1) is 0 Å². The quantitative estimate of drug-likeness (QED) is 0.764. The van der Waals surface area contributed by atoms with Crippen LogP contribution in [0.15, 0.2) is 17.0 Å². The summed E-state index contributed by atoms with van der Waals surface area (Å²) in [5.74, 6) is -0.801. The maximum atomic E-state index is 13.3. The molecule has 4 aliphatic rings. The number of piperidine rings is 1. The summed E-state index contributed by atoms with van der Waals surface area (Å²) in [7, 11) is -3.60. The molecule has 1 unspecified atom stereocenters. The van der Waals surface area contributed by atoms with Crippen LogP contribution < -0.4 is 4.90 Å². The smallest absolute Gasteiger partial charge is 0.243 e. The Morgan fingerprint density at radius 2 is 1.81 bits per heavy atom. The summed E-state index contributed by atoms with van der Waals surface area (Å²) in [6.45, 7) is 4.51. The van der Waals surface area contributed by atoms with Gasteiger partial charge in [0.05, 0.1) is 29.7 Å². The SMILES string of the molecule is CC1C(=O)N2CCCc3cc(S(=O)(=O)N4CCC5(CC4)OCCO5)cc1c32. The lowest BCUT2D eigenvalue weighted by Gasteiger charge is -2.37. The molecule has 0 N–H and O–H groups in total. The second-order valence-corrected chi connectivity index (χ2v) is 9.78. The zero-order chi connectivity index (χ0) is 18.8. The number of anilines is 1. The van der Waals surface area contributed by atoms with Gasteiger partial charge in [-0.2, -0.15) is 4.31 Å². The number of aryl methyl sites for hydroxylation is 1. The number of benzene rings is 1. The van der Waals surface area contributed by atoms with E-state index in [2.05, 4.69) is 0 Å². The molecular formula is C19H24N2O5S. The molecule has 27 heavy (non-hydrogen) atoms. The highest BCUT2D eigenvalue weighted by molar-refractivity contribution is 7.89. The van der Waals surface area contributed by atoms with Crippen LogP contribution in [0.3, 0.4) is 0 Å². The summed E-state index contributed by atoms with van der Waals surface area (Å²) in [6, 6.07) is 3.49. The fourth-order valence-corrected chi connectivity index (χ4v) is 6.34. The molecule has 146 valence electrons. The molecular weight excluding hydrogens is 368 g/mol. The van der Waals surface area contributed by atoms with Gasteiger partial charge in [0.15, 0.2) is 5.79 Å². The summed E-state index contributed by atoms with van der Waals surface area (Å²) in [6.07, 6.45) is 2.78. The number of nitrogens with zero attached hydrogens (tertiary/aromatic N) is 2. The number of amides is 1. The van der Waals surface area contributed by atoms with E-state index in [1.165, 1.54) is 4.31 Å². The predicted octanol–water partition coefficient (Wildman–Crippen LogP) is 1.61. The van der Waals surface area contributed by atoms with Crippen molar-refractivity contribution >= 4 is 21.6 Å². The Morgan fingerprint density at radius 1 is 1.11 bits per heavy atom. The van der Waals surface area contributed by atoms with Gasteiger partial charge in [-0.3, -0.25) is 4.79 Å². The summed E-state index contributed by atoms with van der Waals surface area (Å²) in [4.78, 5) is 14.7. The molecule has 7 nitrogen and oxygen atoms in total. The molecule has 1 amide bonds. The molecule has 1 aromatic rings. The van der Waals surface area contributed by atoms with Crippen LogP contribution in [0.5, 0.6) is 0 Å². The number of carbonyl (C=O) groups excluding carboxylic acids is 1. The van der Waals surface area contributed by atoms with E-state index in [0.717, 1.165) is 36.2 Å². The minimum Gasteiger partial charge on any atom is -0.347 e. The Kier molecular flexibility index (Phi) is 3.92. The third-order valence-electron chi connectivity index (χ3n) is 6.33. The average molecular weight is 392 g/mol. The van der Waals surface area contributed by atoms with Crippen LogP contribution in [-0.4, -0.2) is 57.3 Å². The van der Waals surface area contributed by atoms with Gasteiger partial charge in [0.25, 0.3) is 0 Å². The van der Waals surface area contributed by atoms with Crippen LogP contribution in [0.4, 0.5) is 5.69 Å². The van der Waals surface area contributed by atoms with Crippen LogP contribution in [0, 0.1) is 0 Å². The van der Waals surface area contributed by atoms with Crippen molar-refractivity contribution in [2.24, 2.45) is 0 Å². The zero-order valence-electron chi connectivity index (χ0n) is 15.4. The third-order valence-corrected chi connectivity index (χ3v) is 8.20. The molecule has 0 radical (unpaired) electrons. The minimum atomic E-state index is -3.60. The van der Waals surface area contributed by atoms with Crippen LogP contribution in [0.25, 0.3) is 0 Å². The van der Waals surface area contributed by atoms with E-state index in [1.54, 1.807) is 12.1 Å². The van der Waals surface area contributed by atoms with Gasteiger partial charge in [-0.1, -0.05) is 0 Å². The Bertz CT molecular complexity index is 897. The minimum absolute atomic E-state index is 0.0796. The molecule has 4 heterocycles. The normalized spacial score (nSPS) is 27.4. The van der Waals surface area contributed by atoms with Crippen molar-refractivity contribution in [3.05, 3.63) is 23.3 Å². The standard InChI is InChI=1S/C19H24N2O5S/c1-13-16-12-15(11-14-3-2-6-21(17(14)16)18(13)22)27(23,24)20-7-4-19(5-8-20)25-9-10-26-19/h11-13H,2-10H2,1H3. The fraction of sp³-hybridized carbons (Fsp3) is 0.632. The van der Waals surface area contributed by atoms with Crippen molar-refractivity contribution in [3.63, 3.8) is 0 Å². The van der Waals surface area contributed by atoms with E-state index in [4.69, 9.17) is 9.47 Å². The molecule has 2 fully saturated rings. The highest BCUT2D eigenvalue weighted by Gasteiger charge is 2.44. The van der Waals surface area contributed by atoms with Gasteiger partial charge in [0, 0.05) is 32.5 Å². The first kappa shape index (κ1) is 17.6. The second kappa shape index (κ2) is 6.01. The van der Waals surface area contributed by atoms with E-state index in [9.17, 15) is 13.2 Å². The highest BCUT2D eigenvalue weighted by atomic mass is 32.2. The molecule has 2 saturated heterocycles. The number of hydrogen-bond acceptors (Lipinski definition) is 5. The van der Waals surface area contributed by atoms with E-state index >= 15 is 0 Å². The van der Waals surface area contributed by atoms with Crippen LogP contribution in [0.1, 0.15) is 43.2 Å². The van der Waals surface area contributed by atoms with Gasteiger partial charge in [-0.25, -0.2) is 8.42 Å². The maximum Gasteiger partial charge on any atom is 0.243 e. The van der Waals surface area contributed by atoms with Crippen molar-refractivity contribution < 1.29 is 22.7 Å². The first-order valence-electron chi connectivity index (χ1n) is 9.68. The lowest BCUT2D eigenvalue weighted by Crippen LogP contribution is -2.47. The number of carbonyl (C=O) groups is 1. The van der Waals surface area contributed by atoms with E-state index in [-0.39, 0.29) is 11.8 Å². The maximum absolute atomic E-state index is 13.3. The summed E-state index contributed by atoms with van der Waals surface area (Å²) in [5, 5.41) is 0. The van der Waals surface area contributed by atoms with Crippen LogP contribution in [0.2, 0.25) is 0 Å². The number of ether oxygens (including phenoxy) is 2.